The van der Waals surface area contributed by atoms with Crippen molar-refractivity contribution in [3.05, 3.63) is 12.4 Å². The van der Waals surface area contributed by atoms with Crippen molar-refractivity contribution in [3.8, 4) is 5.88 Å². The van der Waals surface area contributed by atoms with Gasteiger partial charge in [-0.2, -0.15) is 0 Å². The number of hydrogen-bond donors (Lipinski definition) is 1. The van der Waals surface area contributed by atoms with Crippen LogP contribution in [0.5, 0.6) is 5.88 Å². The average Bonchev–Trinajstić information content (AvgIpc) is 2.46. The van der Waals surface area contributed by atoms with E-state index in [0.29, 0.717) is 24.8 Å². The molecule has 2 rings (SSSR count). The molecule has 0 radical (unpaired) electrons. The lowest BCUT2D eigenvalue weighted by Gasteiger charge is -2.34. The summed E-state index contributed by atoms with van der Waals surface area (Å²) in [6, 6.07) is 0.104. The van der Waals surface area contributed by atoms with Crippen LogP contribution in [0.3, 0.4) is 0 Å². The van der Waals surface area contributed by atoms with E-state index in [1.807, 2.05) is 20.8 Å². The van der Waals surface area contributed by atoms with E-state index in [-0.39, 0.29) is 12.1 Å². The Morgan fingerprint density at radius 1 is 1.36 bits per heavy atom. The summed E-state index contributed by atoms with van der Waals surface area (Å²) in [7, 11) is 1.56. The number of aromatic nitrogens is 2. The lowest BCUT2D eigenvalue weighted by molar-refractivity contribution is 0.0206. The summed E-state index contributed by atoms with van der Waals surface area (Å²) < 4.78 is 10.6. The number of ether oxygens (including phenoxy) is 2. The molecule has 22 heavy (non-hydrogen) atoms. The number of nitrogens with zero attached hydrogens (tertiary/aromatic N) is 3. The van der Waals surface area contributed by atoms with Gasteiger partial charge in [-0.05, 0) is 33.6 Å². The Morgan fingerprint density at radius 3 is 2.77 bits per heavy atom. The van der Waals surface area contributed by atoms with Crippen LogP contribution in [0.2, 0.25) is 0 Å². The Balaban J connectivity index is 1.97. The van der Waals surface area contributed by atoms with Crippen LogP contribution in [-0.2, 0) is 4.74 Å². The van der Waals surface area contributed by atoms with E-state index in [1.165, 1.54) is 0 Å². The third-order valence-electron chi connectivity index (χ3n) is 3.27. The van der Waals surface area contributed by atoms with Crippen LogP contribution in [0.1, 0.15) is 33.6 Å². The molecule has 1 saturated heterocycles. The summed E-state index contributed by atoms with van der Waals surface area (Å²) >= 11 is 0. The molecule has 0 aromatic carbocycles. The van der Waals surface area contributed by atoms with Gasteiger partial charge in [0.1, 0.15) is 5.60 Å². The second-order valence-electron chi connectivity index (χ2n) is 6.32. The van der Waals surface area contributed by atoms with E-state index < -0.39 is 5.60 Å². The Morgan fingerprint density at radius 2 is 2.09 bits per heavy atom. The minimum Gasteiger partial charge on any atom is -0.478 e. The molecule has 1 aromatic heterocycles. The van der Waals surface area contributed by atoms with Gasteiger partial charge in [-0.3, -0.25) is 0 Å². The van der Waals surface area contributed by atoms with Crippen LogP contribution in [-0.4, -0.2) is 52.8 Å². The van der Waals surface area contributed by atoms with Gasteiger partial charge in [0.15, 0.2) is 5.82 Å². The lowest BCUT2D eigenvalue weighted by atomic mass is 10.1. The minimum atomic E-state index is -0.481. The highest BCUT2D eigenvalue weighted by molar-refractivity contribution is 5.68. The van der Waals surface area contributed by atoms with Crippen LogP contribution in [0.25, 0.3) is 0 Å². The molecule has 0 spiro atoms. The Bertz CT molecular complexity index is 516. The fourth-order valence-corrected chi connectivity index (χ4v) is 2.35. The van der Waals surface area contributed by atoms with Crippen LogP contribution in [0.15, 0.2) is 12.4 Å². The molecule has 122 valence electrons. The lowest BCUT2D eigenvalue weighted by Crippen LogP contribution is -2.47. The minimum absolute atomic E-state index is 0.104. The van der Waals surface area contributed by atoms with Crippen molar-refractivity contribution in [2.24, 2.45) is 0 Å². The van der Waals surface area contributed by atoms with E-state index in [1.54, 1.807) is 24.4 Å². The van der Waals surface area contributed by atoms with Gasteiger partial charge in [0.2, 0.25) is 0 Å². The molecule has 0 unspecified atom stereocenters. The van der Waals surface area contributed by atoms with Crippen LogP contribution >= 0.6 is 0 Å². The number of amides is 1. The first-order valence-electron chi connectivity index (χ1n) is 7.48. The Kier molecular flexibility index (Phi) is 5.05. The number of methoxy groups -OCH3 is 1. The average molecular weight is 308 g/mol. The standard InChI is InChI=1S/C15H24N4O3/c1-15(2,3)22-14(20)19-9-5-6-11(10-19)18-12-13(21-4)17-8-7-16-12/h7-8,11H,5-6,9-10H2,1-4H3,(H,16,18)/t11-/m1/s1. The molecule has 2 heterocycles. The number of likely N-dealkylation sites (tertiary alicyclic amines) is 1. The molecule has 1 amide bonds. The number of hydrogen-bond acceptors (Lipinski definition) is 6. The van der Waals surface area contributed by atoms with Gasteiger partial charge in [0.25, 0.3) is 5.88 Å². The topological polar surface area (TPSA) is 76.6 Å². The number of piperidine rings is 1. The van der Waals surface area contributed by atoms with Crippen molar-refractivity contribution in [1.82, 2.24) is 14.9 Å². The normalized spacial score (nSPS) is 18.7. The molecule has 0 bridgehead atoms. The smallest absolute Gasteiger partial charge is 0.410 e. The van der Waals surface area contributed by atoms with Gasteiger partial charge in [0.05, 0.1) is 7.11 Å². The second-order valence-corrected chi connectivity index (χ2v) is 6.32. The molecule has 1 atom stereocenters. The van der Waals surface area contributed by atoms with Gasteiger partial charge in [-0.25, -0.2) is 14.8 Å². The summed E-state index contributed by atoms with van der Waals surface area (Å²) in [5.74, 6) is 1.05. The fourth-order valence-electron chi connectivity index (χ4n) is 2.35. The molecule has 1 aliphatic heterocycles. The van der Waals surface area contributed by atoms with Crippen molar-refractivity contribution < 1.29 is 14.3 Å². The molecule has 0 aliphatic carbocycles. The predicted molar refractivity (Wildman–Crippen MR) is 83.0 cm³/mol. The predicted octanol–water partition coefficient (Wildman–Crippen LogP) is 2.30. The molecule has 1 N–H and O–H groups in total. The van der Waals surface area contributed by atoms with E-state index in [0.717, 1.165) is 12.8 Å². The van der Waals surface area contributed by atoms with Gasteiger partial charge in [-0.15, -0.1) is 0 Å². The number of rotatable bonds is 3. The molecule has 1 aliphatic rings. The van der Waals surface area contributed by atoms with Crippen LogP contribution in [0.4, 0.5) is 10.6 Å². The molecule has 0 saturated carbocycles. The molecular formula is C15H24N4O3. The fraction of sp³-hybridized carbons (Fsp3) is 0.667. The maximum atomic E-state index is 12.2. The van der Waals surface area contributed by atoms with Gasteiger partial charge < -0.3 is 19.7 Å². The molecule has 1 aromatic rings. The van der Waals surface area contributed by atoms with E-state index in [9.17, 15) is 4.79 Å². The molecule has 1 fully saturated rings. The summed E-state index contributed by atoms with van der Waals surface area (Å²) in [6.45, 7) is 6.90. The molecule has 7 nitrogen and oxygen atoms in total. The first-order chi connectivity index (χ1) is 10.4. The van der Waals surface area contributed by atoms with Gasteiger partial charge >= 0.3 is 6.09 Å². The second kappa shape index (κ2) is 6.81. The van der Waals surface area contributed by atoms with Gasteiger partial charge in [-0.1, -0.05) is 0 Å². The third-order valence-corrected chi connectivity index (χ3v) is 3.27. The SMILES string of the molecule is COc1nccnc1N[C@@H]1CCCN(C(=O)OC(C)(C)C)C1. The van der Waals surface area contributed by atoms with E-state index >= 15 is 0 Å². The first-order valence-corrected chi connectivity index (χ1v) is 7.48. The number of anilines is 1. The van der Waals surface area contributed by atoms with Crippen LogP contribution < -0.4 is 10.1 Å². The summed E-state index contributed by atoms with van der Waals surface area (Å²) in [4.78, 5) is 22.2. The first kappa shape index (κ1) is 16.3. The maximum Gasteiger partial charge on any atom is 0.410 e. The van der Waals surface area contributed by atoms with E-state index in [2.05, 4.69) is 15.3 Å². The van der Waals surface area contributed by atoms with Crippen LogP contribution in [0, 0.1) is 0 Å². The Labute approximate surface area is 131 Å². The molecular weight excluding hydrogens is 284 g/mol. The number of nitrogens with one attached hydrogen (secondary N) is 1. The largest absolute Gasteiger partial charge is 0.478 e. The number of carbonyl (C=O) groups excluding carboxylic acids is 1. The van der Waals surface area contributed by atoms with Crippen molar-refractivity contribution in [2.45, 2.75) is 45.3 Å². The maximum absolute atomic E-state index is 12.2. The van der Waals surface area contributed by atoms with Crippen molar-refractivity contribution >= 4 is 11.9 Å². The zero-order chi connectivity index (χ0) is 16.2. The summed E-state index contributed by atoms with van der Waals surface area (Å²) in [5, 5.41) is 3.30. The number of carbonyl (C=O) groups is 1. The highest BCUT2D eigenvalue weighted by Gasteiger charge is 2.28. The van der Waals surface area contributed by atoms with Crippen molar-refractivity contribution in [1.29, 1.82) is 0 Å². The quantitative estimate of drug-likeness (QED) is 0.923. The van der Waals surface area contributed by atoms with Gasteiger partial charge in [0, 0.05) is 31.5 Å². The van der Waals surface area contributed by atoms with Crippen molar-refractivity contribution in [3.63, 3.8) is 0 Å². The van der Waals surface area contributed by atoms with E-state index in [4.69, 9.17) is 9.47 Å². The zero-order valence-electron chi connectivity index (χ0n) is 13.6. The summed E-state index contributed by atoms with van der Waals surface area (Å²) in [5.41, 5.74) is -0.481. The highest BCUT2D eigenvalue weighted by Crippen LogP contribution is 2.22. The zero-order valence-corrected chi connectivity index (χ0v) is 13.6. The molecule has 7 heteroatoms. The third kappa shape index (κ3) is 4.47. The summed E-state index contributed by atoms with van der Waals surface area (Å²) in [6.07, 6.45) is 4.79. The highest BCUT2D eigenvalue weighted by atomic mass is 16.6. The monoisotopic (exact) mass is 308 g/mol. The Hall–Kier alpha value is -2.05. The van der Waals surface area contributed by atoms with Crippen molar-refractivity contribution in [2.75, 3.05) is 25.5 Å².